The van der Waals surface area contributed by atoms with Gasteiger partial charge in [-0.15, -0.1) is 0 Å². The molecular weight excluding hydrogens is 400 g/mol. The van der Waals surface area contributed by atoms with E-state index >= 15 is 0 Å². The Bertz CT molecular complexity index is 913. The van der Waals surface area contributed by atoms with Gasteiger partial charge >= 0.3 is 0 Å². The van der Waals surface area contributed by atoms with Gasteiger partial charge in [-0.2, -0.15) is 4.39 Å². The lowest BCUT2D eigenvalue weighted by atomic mass is 10.0. The maximum Gasteiger partial charge on any atom is 0.201 e. The van der Waals surface area contributed by atoms with Crippen molar-refractivity contribution < 1.29 is 22.3 Å². The van der Waals surface area contributed by atoms with Crippen LogP contribution in [0.3, 0.4) is 0 Å². The van der Waals surface area contributed by atoms with E-state index in [0.717, 1.165) is 11.6 Å². The molecule has 0 aliphatic carbocycles. The molecule has 0 unspecified atom stereocenters. The Kier molecular flexibility index (Phi) is 5.08. The Labute approximate surface area is 150 Å². The van der Waals surface area contributed by atoms with Crippen LogP contribution >= 0.6 is 15.9 Å². The summed E-state index contributed by atoms with van der Waals surface area (Å²) in [4.78, 5) is 0. The minimum Gasteiger partial charge on any atom is -0.486 e. The van der Waals surface area contributed by atoms with Crippen LogP contribution in [0.25, 0.3) is 11.1 Å². The van der Waals surface area contributed by atoms with Crippen LogP contribution in [-0.2, 0) is 6.61 Å². The number of halogens is 5. The lowest BCUT2D eigenvalue weighted by molar-refractivity contribution is 0.285. The lowest BCUT2D eigenvalue weighted by Crippen LogP contribution is -2.01. The quantitative estimate of drug-likeness (QED) is 0.364. The second-order valence-electron chi connectivity index (χ2n) is 5.24. The Morgan fingerprint density at radius 1 is 0.680 bits per heavy atom. The van der Waals surface area contributed by atoms with Crippen molar-refractivity contribution in [3.8, 4) is 16.9 Å². The molecule has 0 amide bonds. The number of hydrogen-bond acceptors (Lipinski definition) is 1. The summed E-state index contributed by atoms with van der Waals surface area (Å²) >= 11 is 2.84. The molecule has 3 aromatic carbocycles. The van der Waals surface area contributed by atoms with E-state index in [2.05, 4.69) is 15.9 Å². The number of hydrogen-bond donors (Lipinski definition) is 0. The first-order valence-corrected chi connectivity index (χ1v) is 8.07. The molecule has 0 aromatic heterocycles. The molecule has 25 heavy (non-hydrogen) atoms. The van der Waals surface area contributed by atoms with E-state index in [1.807, 2.05) is 6.07 Å². The number of ether oxygens (including phenoxy) is 1. The fourth-order valence-corrected chi connectivity index (χ4v) is 2.63. The molecule has 0 N–H and O–H groups in total. The van der Waals surface area contributed by atoms with Crippen LogP contribution in [0.15, 0.2) is 59.1 Å². The maximum absolute atomic E-state index is 14.3. The van der Waals surface area contributed by atoms with Crippen LogP contribution in [0.2, 0.25) is 0 Å². The molecule has 0 saturated carbocycles. The van der Waals surface area contributed by atoms with Crippen LogP contribution in [0.4, 0.5) is 17.6 Å². The molecule has 1 nitrogen and oxygen atoms in total. The second kappa shape index (κ2) is 7.27. The Hall–Kier alpha value is -2.34. The van der Waals surface area contributed by atoms with E-state index in [4.69, 9.17) is 4.74 Å². The highest BCUT2D eigenvalue weighted by Crippen LogP contribution is 2.34. The number of benzene rings is 3. The third kappa shape index (κ3) is 3.54. The first-order chi connectivity index (χ1) is 12.0. The summed E-state index contributed by atoms with van der Waals surface area (Å²) in [7, 11) is 0. The van der Waals surface area contributed by atoms with Gasteiger partial charge in [-0.05, 0) is 45.8 Å². The van der Waals surface area contributed by atoms with Crippen molar-refractivity contribution in [2.45, 2.75) is 6.61 Å². The second-order valence-corrected chi connectivity index (χ2v) is 6.09. The first-order valence-electron chi connectivity index (χ1n) is 7.27. The standard InChI is InChI=1S/C19H11BrF4O/c20-14-8-6-12(16(21)18(14)23)13-7-9-15(19(24)17(13)22)25-10-11-4-2-1-3-5-11/h1-9H,10H2. The SMILES string of the molecule is Fc1c(Br)ccc(-c2ccc(OCc3ccccc3)c(F)c2F)c1F. The van der Waals surface area contributed by atoms with Gasteiger partial charge in [0.05, 0.1) is 4.47 Å². The van der Waals surface area contributed by atoms with Crippen molar-refractivity contribution in [1.82, 2.24) is 0 Å². The zero-order valence-electron chi connectivity index (χ0n) is 12.7. The normalized spacial score (nSPS) is 10.8. The smallest absolute Gasteiger partial charge is 0.201 e. The van der Waals surface area contributed by atoms with Crippen molar-refractivity contribution in [1.29, 1.82) is 0 Å². The third-order valence-corrected chi connectivity index (χ3v) is 4.22. The fraction of sp³-hybridized carbons (Fsp3) is 0.0526. The molecule has 128 valence electrons. The van der Waals surface area contributed by atoms with Crippen molar-refractivity contribution in [2.75, 3.05) is 0 Å². The predicted octanol–water partition coefficient (Wildman–Crippen LogP) is 6.25. The molecule has 0 heterocycles. The van der Waals surface area contributed by atoms with Crippen molar-refractivity contribution in [2.24, 2.45) is 0 Å². The molecule has 0 aliphatic rings. The van der Waals surface area contributed by atoms with Crippen LogP contribution in [0.1, 0.15) is 5.56 Å². The van der Waals surface area contributed by atoms with Crippen molar-refractivity contribution in [3.05, 3.63) is 87.9 Å². The first kappa shape index (κ1) is 17.5. The van der Waals surface area contributed by atoms with E-state index < -0.39 is 23.3 Å². The van der Waals surface area contributed by atoms with Gasteiger partial charge in [0.25, 0.3) is 0 Å². The highest BCUT2D eigenvalue weighted by atomic mass is 79.9. The molecule has 3 rings (SSSR count). The minimum atomic E-state index is -1.30. The summed E-state index contributed by atoms with van der Waals surface area (Å²) in [5.74, 6) is -5.28. The van der Waals surface area contributed by atoms with Crippen LogP contribution in [0, 0.1) is 23.3 Å². The van der Waals surface area contributed by atoms with Gasteiger partial charge in [0.15, 0.2) is 23.2 Å². The van der Waals surface area contributed by atoms with E-state index in [0.29, 0.717) is 0 Å². The Morgan fingerprint density at radius 3 is 1.96 bits per heavy atom. The third-order valence-electron chi connectivity index (χ3n) is 3.61. The molecule has 6 heteroatoms. The molecule has 0 fully saturated rings. The highest BCUT2D eigenvalue weighted by Gasteiger charge is 2.20. The average Bonchev–Trinajstić information content (AvgIpc) is 2.63. The van der Waals surface area contributed by atoms with Crippen molar-refractivity contribution >= 4 is 15.9 Å². The van der Waals surface area contributed by atoms with Crippen LogP contribution < -0.4 is 4.74 Å². The van der Waals surface area contributed by atoms with E-state index in [9.17, 15) is 17.6 Å². The molecule has 0 spiro atoms. The monoisotopic (exact) mass is 410 g/mol. The van der Waals surface area contributed by atoms with Gasteiger partial charge in [-0.3, -0.25) is 0 Å². The molecular formula is C19H11BrF4O. The maximum atomic E-state index is 14.3. The zero-order chi connectivity index (χ0) is 18.0. The lowest BCUT2D eigenvalue weighted by Gasteiger charge is -2.11. The molecule has 0 atom stereocenters. The summed E-state index contributed by atoms with van der Waals surface area (Å²) < 4.78 is 61.4. The van der Waals surface area contributed by atoms with Gasteiger partial charge in [0, 0.05) is 11.1 Å². The molecule has 0 aliphatic heterocycles. The Balaban J connectivity index is 1.92. The molecule has 3 aromatic rings. The molecule has 0 bridgehead atoms. The summed E-state index contributed by atoms with van der Waals surface area (Å²) in [6.45, 7) is 0.0534. The molecule has 0 radical (unpaired) electrons. The van der Waals surface area contributed by atoms with E-state index in [1.54, 1.807) is 24.3 Å². The average molecular weight is 411 g/mol. The van der Waals surface area contributed by atoms with Gasteiger partial charge in [-0.25, -0.2) is 13.2 Å². The Morgan fingerprint density at radius 2 is 1.28 bits per heavy atom. The topological polar surface area (TPSA) is 9.23 Å². The fourth-order valence-electron chi connectivity index (χ4n) is 2.32. The van der Waals surface area contributed by atoms with Gasteiger partial charge in [0.1, 0.15) is 6.61 Å². The van der Waals surface area contributed by atoms with E-state index in [-0.39, 0.29) is 28.0 Å². The van der Waals surface area contributed by atoms with Crippen molar-refractivity contribution in [3.63, 3.8) is 0 Å². The van der Waals surface area contributed by atoms with Gasteiger partial charge in [-0.1, -0.05) is 30.3 Å². The largest absolute Gasteiger partial charge is 0.486 e. The highest BCUT2D eigenvalue weighted by molar-refractivity contribution is 9.10. The summed E-state index contributed by atoms with van der Waals surface area (Å²) in [6.07, 6.45) is 0. The summed E-state index contributed by atoms with van der Waals surface area (Å²) in [6, 6.07) is 13.7. The summed E-state index contributed by atoms with van der Waals surface area (Å²) in [5, 5.41) is 0. The van der Waals surface area contributed by atoms with E-state index in [1.165, 1.54) is 18.2 Å². The predicted molar refractivity (Wildman–Crippen MR) is 90.2 cm³/mol. The molecule has 0 saturated heterocycles. The zero-order valence-corrected chi connectivity index (χ0v) is 14.3. The summed E-state index contributed by atoms with van der Waals surface area (Å²) in [5.41, 5.74) is 0.0348. The van der Waals surface area contributed by atoms with Gasteiger partial charge in [0.2, 0.25) is 5.82 Å². The van der Waals surface area contributed by atoms with Crippen LogP contribution in [0.5, 0.6) is 5.75 Å². The van der Waals surface area contributed by atoms with Gasteiger partial charge < -0.3 is 4.74 Å². The minimum absolute atomic E-state index is 0.0534. The number of rotatable bonds is 4. The van der Waals surface area contributed by atoms with Crippen LogP contribution in [-0.4, -0.2) is 0 Å².